The standard InChI is InChI=1S/C19H15F3N4O6S4/c1-8(27)11-13(28)25-12(15(29)32-6-9-2-4-10(5-3-9)26(30)31)16(35-14(11)25)33-7-34-18-24-23-17(36-18)19(20,21)22/h2-5,8,11,14,27H,6-7H2,1H3/t8-,11+,14-/m1/s1. The number of β-lactam (4-membered cyclic amide) rings is 1. The minimum atomic E-state index is -4.59. The van der Waals surface area contributed by atoms with Gasteiger partial charge in [-0.05, 0) is 24.6 Å². The van der Waals surface area contributed by atoms with Crippen molar-refractivity contribution in [1.82, 2.24) is 15.1 Å². The van der Waals surface area contributed by atoms with E-state index in [1.807, 2.05) is 0 Å². The number of esters is 1. The Hall–Kier alpha value is -2.34. The Morgan fingerprint density at radius 3 is 2.58 bits per heavy atom. The summed E-state index contributed by atoms with van der Waals surface area (Å²) in [5, 5.41) is 26.0. The van der Waals surface area contributed by atoms with Crippen molar-refractivity contribution in [1.29, 1.82) is 0 Å². The van der Waals surface area contributed by atoms with Crippen LogP contribution in [-0.2, 0) is 27.1 Å². The molecule has 192 valence electrons. The monoisotopic (exact) mass is 580 g/mol. The summed E-state index contributed by atoms with van der Waals surface area (Å²) in [4.78, 5) is 37.0. The van der Waals surface area contributed by atoms with Crippen LogP contribution in [0.5, 0.6) is 0 Å². The molecule has 1 saturated heterocycles. The lowest BCUT2D eigenvalue weighted by atomic mass is 9.92. The number of non-ortho nitro benzene ring substituents is 1. The van der Waals surface area contributed by atoms with E-state index in [1.165, 1.54) is 47.9 Å². The van der Waals surface area contributed by atoms with E-state index in [4.69, 9.17) is 4.74 Å². The molecule has 2 aliphatic heterocycles. The van der Waals surface area contributed by atoms with Crippen LogP contribution in [0, 0.1) is 16.0 Å². The minimum Gasteiger partial charge on any atom is -0.456 e. The van der Waals surface area contributed by atoms with Crippen molar-refractivity contribution in [3.8, 4) is 0 Å². The van der Waals surface area contributed by atoms with Crippen LogP contribution in [0.4, 0.5) is 18.9 Å². The molecule has 3 atom stereocenters. The first kappa shape index (κ1) is 26.7. The second kappa shape index (κ2) is 10.6. The lowest BCUT2D eigenvalue weighted by Gasteiger charge is -2.43. The van der Waals surface area contributed by atoms with Gasteiger partial charge in [-0.3, -0.25) is 19.8 Å². The number of hydrogen-bond donors (Lipinski definition) is 1. The number of ether oxygens (including phenoxy) is 1. The van der Waals surface area contributed by atoms with E-state index in [0.29, 0.717) is 21.1 Å². The van der Waals surface area contributed by atoms with Gasteiger partial charge in [-0.15, -0.1) is 22.0 Å². The van der Waals surface area contributed by atoms with Crippen molar-refractivity contribution in [2.24, 2.45) is 5.92 Å². The number of carbonyl (C=O) groups is 2. The number of fused-ring (bicyclic) bond motifs is 1. The molecule has 3 heterocycles. The second-order valence-electron chi connectivity index (χ2n) is 7.40. The lowest BCUT2D eigenvalue weighted by Crippen LogP contribution is -2.60. The molecule has 1 N–H and O–H groups in total. The Labute approximate surface area is 217 Å². The van der Waals surface area contributed by atoms with Gasteiger partial charge in [0, 0.05) is 12.1 Å². The smallest absolute Gasteiger partial charge is 0.445 e. The van der Waals surface area contributed by atoms with E-state index in [0.717, 1.165) is 23.5 Å². The van der Waals surface area contributed by atoms with Gasteiger partial charge in [-0.2, -0.15) is 13.2 Å². The van der Waals surface area contributed by atoms with E-state index in [9.17, 15) is 38.0 Å². The summed E-state index contributed by atoms with van der Waals surface area (Å²) in [5.41, 5.74) is 0.370. The molecule has 2 aliphatic rings. The SMILES string of the molecule is C[C@@H](O)[C@H]1C(=O)N2C(C(=O)OCc3ccc([N+](=O)[O-])cc3)=C(SCSc3nnc(C(F)(F)F)s3)S[C@H]12. The van der Waals surface area contributed by atoms with Crippen LogP contribution in [0.15, 0.2) is 38.5 Å². The van der Waals surface area contributed by atoms with Gasteiger partial charge in [-0.25, -0.2) is 4.79 Å². The Morgan fingerprint density at radius 2 is 2.00 bits per heavy atom. The maximum atomic E-state index is 12.9. The first-order valence-corrected chi connectivity index (χ1v) is 13.6. The van der Waals surface area contributed by atoms with Gasteiger partial charge in [0.1, 0.15) is 12.0 Å². The first-order chi connectivity index (χ1) is 17.0. The Balaban J connectivity index is 1.45. The summed E-state index contributed by atoms with van der Waals surface area (Å²) < 4.78 is 44.1. The van der Waals surface area contributed by atoms with Crippen LogP contribution in [0.1, 0.15) is 17.5 Å². The topological polar surface area (TPSA) is 136 Å². The van der Waals surface area contributed by atoms with E-state index in [-0.39, 0.29) is 27.4 Å². The maximum Gasteiger partial charge on any atom is 0.445 e. The fourth-order valence-corrected chi connectivity index (χ4v) is 8.44. The third-order valence-corrected chi connectivity index (χ3v) is 9.89. The van der Waals surface area contributed by atoms with Crippen molar-refractivity contribution >= 4 is 64.2 Å². The molecule has 0 bridgehead atoms. The van der Waals surface area contributed by atoms with Gasteiger partial charge in [-0.1, -0.05) is 34.9 Å². The fraction of sp³-hybridized carbons (Fsp3) is 0.368. The number of carbonyl (C=O) groups excluding carboxylic acids is 2. The van der Waals surface area contributed by atoms with Gasteiger partial charge in [0.05, 0.1) is 26.3 Å². The molecule has 2 aromatic rings. The zero-order valence-electron chi connectivity index (χ0n) is 18.0. The zero-order chi connectivity index (χ0) is 26.2. The third kappa shape index (κ3) is 5.49. The number of hydrogen-bond acceptors (Lipinski definition) is 12. The number of aliphatic hydroxyl groups excluding tert-OH is 1. The molecule has 0 unspecified atom stereocenters. The first-order valence-electron chi connectivity index (χ1n) is 9.96. The predicted octanol–water partition coefficient (Wildman–Crippen LogP) is 4.07. The van der Waals surface area contributed by atoms with E-state index in [1.54, 1.807) is 0 Å². The van der Waals surface area contributed by atoms with Crippen molar-refractivity contribution < 1.29 is 37.5 Å². The maximum absolute atomic E-state index is 12.9. The summed E-state index contributed by atoms with van der Waals surface area (Å²) in [7, 11) is 0. The van der Waals surface area contributed by atoms with Gasteiger partial charge >= 0.3 is 12.1 Å². The van der Waals surface area contributed by atoms with Gasteiger partial charge < -0.3 is 9.84 Å². The number of aromatic nitrogens is 2. The van der Waals surface area contributed by atoms with Crippen LogP contribution in [0.2, 0.25) is 0 Å². The number of thioether (sulfide) groups is 3. The predicted molar refractivity (Wildman–Crippen MR) is 127 cm³/mol. The molecular weight excluding hydrogens is 565 g/mol. The van der Waals surface area contributed by atoms with Crippen LogP contribution in [0.25, 0.3) is 0 Å². The minimum absolute atomic E-state index is 0.00680. The highest BCUT2D eigenvalue weighted by Gasteiger charge is 2.58. The average Bonchev–Trinajstić information content (AvgIpc) is 3.41. The normalized spacial score (nSPS) is 20.2. The molecule has 0 radical (unpaired) electrons. The van der Waals surface area contributed by atoms with E-state index in [2.05, 4.69) is 10.2 Å². The number of halogens is 3. The molecule has 1 aromatic carbocycles. The number of amides is 1. The molecule has 1 aromatic heterocycles. The highest BCUT2D eigenvalue weighted by atomic mass is 32.2. The van der Waals surface area contributed by atoms with Crippen LogP contribution < -0.4 is 0 Å². The van der Waals surface area contributed by atoms with Crippen molar-refractivity contribution in [3.05, 3.63) is 54.9 Å². The molecule has 36 heavy (non-hydrogen) atoms. The molecule has 0 aliphatic carbocycles. The zero-order valence-corrected chi connectivity index (χ0v) is 21.3. The number of nitro benzene ring substituents is 1. The average molecular weight is 581 g/mol. The number of alkyl halides is 3. The summed E-state index contributed by atoms with van der Waals surface area (Å²) in [5.74, 6) is -1.95. The molecule has 0 spiro atoms. The van der Waals surface area contributed by atoms with Gasteiger partial charge in [0.2, 0.25) is 10.9 Å². The summed E-state index contributed by atoms with van der Waals surface area (Å²) in [6.45, 7) is 1.27. The van der Waals surface area contributed by atoms with E-state index < -0.39 is 45.4 Å². The molecule has 1 fully saturated rings. The van der Waals surface area contributed by atoms with Crippen molar-refractivity contribution in [2.75, 3.05) is 5.08 Å². The highest BCUT2D eigenvalue weighted by molar-refractivity contribution is 8.28. The lowest BCUT2D eigenvalue weighted by molar-refractivity contribution is -0.384. The Bertz CT molecular complexity index is 1220. The summed E-state index contributed by atoms with van der Waals surface area (Å²) >= 11 is 3.74. The number of aliphatic hydroxyl groups is 1. The number of nitrogens with zero attached hydrogens (tertiary/aromatic N) is 4. The number of benzene rings is 1. The molecule has 0 saturated carbocycles. The van der Waals surface area contributed by atoms with Crippen molar-refractivity contribution in [2.45, 2.75) is 35.5 Å². The van der Waals surface area contributed by atoms with Gasteiger partial charge in [0.15, 0.2) is 10.0 Å². The highest BCUT2D eigenvalue weighted by Crippen LogP contribution is 2.54. The van der Waals surface area contributed by atoms with Crippen LogP contribution in [-0.4, -0.2) is 53.6 Å². The van der Waals surface area contributed by atoms with E-state index >= 15 is 0 Å². The molecule has 4 rings (SSSR count). The molecular formula is C19H15F3N4O6S4. The summed E-state index contributed by atoms with van der Waals surface area (Å²) in [6, 6.07) is 5.42. The van der Waals surface area contributed by atoms with Gasteiger partial charge in [0.25, 0.3) is 5.69 Å². The number of rotatable bonds is 9. The fourth-order valence-electron chi connectivity index (χ4n) is 3.29. The largest absolute Gasteiger partial charge is 0.456 e. The Morgan fingerprint density at radius 1 is 1.31 bits per heavy atom. The third-order valence-electron chi connectivity index (χ3n) is 5.00. The molecule has 17 heteroatoms. The second-order valence-corrected chi connectivity index (χ2v) is 12.3. The van der Waals surface area contributed by atoms with Crippen LogP contribution >= 0.6 is 46.6 Å². The van der Waals surface area contributed by atoms with Crippen molar-refractivity contribution in [3.63, 3.8) is 0 Å². The Kier molecular flexibility index (Phi) is 7.84. The summed E-state index contributed by atoms with van der Waals surface area (Å²) in [6.07, 6.45) is -5.53. The van der Waals surface area contributed by atoms with Crippen LogP contribution in [0.3, 0.4) is 0 Å². The quantitative estimate of drug-likeness (QED) is 0.115. The number of nitro groups is 1. The molecule has 10 nitrogen and oxygen atoms in total. The molecule has 1 amide bonds.